The largest absolute Gasteiger partial charge is 0.481 e. The van der Waals surface area contributed by atoms with E-state index in [0.717, 1.165) is 25.9 Å². The zero-order chi connectivity index (χ0) is 13.7. The number of nitrogens with zero attached hydrogens (tertiary/aromatic N) is 1. The second-order valence-corrected chi connectivity index (χ2v) is 5.52. The number of carboxylic acids is 1. The molecule has 1 aromatic rings. The Labute approximate surface area is 115 Å². The van der Waals surface area contributed by atoms with E-state index in [-0.39, 0.29) is 6.42 Å². The van der Waals surface area contributed by atoms with Gasteiger partial charge in [0.05, 0.1) is 0 Å². The van der Waals surface area contributed by atoms with E-state index in [2.05, 4.69) is 36.1 Å². The summed E-state index contributed by atoms with van der Waals surface area (Å²) in [5, 5.41) is 8.70. The van der Waals surface area contributed by atoms with Gasteiger partial charge in [0, 0.05) is 12.5 Å². The molecule has 3 nitrogen and oxygen atoms in total. The maximum atomic E-state index is 10.6. The maximum absolute atomic E-state index is 10.6. The van der Waals surface area contributed by atoms with Crippen molar-refractivity contribution < 1.29 is 9.90 Å². The highest BCUT2D eigenvalue weighted by molar-refractivity contribution is 5.66. The molecule has 0 aliphatic carbocycles. The van der Waals surface area contributed by atoms with Gasteiger partial charge in [-0.25, -0.2) is 0 Å². The second kappa shape index (κ2) is 6.71. The quantitative estimate of drug-likeness (QED) is 0.856. The molecule has 1 aliphatic heterocycles. The fourth-order valence-corrected chi connectivity index (χ4v) is 2.85. The van der Waals surface area contributed by atoms with E-state index >= 15 is 0 Å². The molecule has 2 rings (SSSR count). The summed E-state index contributed by atoms with van der Waals surface area (Å²) in [5.41, 5.74) is 2.69. The van der Waals surface area contributed by atoms with Crippen molar-refractivity contribution >= 4 is 5.97 Å². The van der Waals surface area contributed by atoms with Crippen molar-refractivity contribution in [3.63, 3.8) is 0 Å². The topological polar surface area (TPSA) is 40.5 Å². The van der Waals surface area contributed by atoms with Crippen LogP contribution in [0.1, 0.15) is 36.8 Å². The fourth-order valence-electron chi connectivity index (χ4n) is 2.85. The lowest BCUT2D eigenvalue weighted by atomic mass is 10.0. The zero-order valence-corrected chi connectivity index (χ0v) is 11.6. The number of carboxylic acid groups (broad SMARTS) is 1. The normalized spacial score (nSPS) is 19.7. The fraction of sp³-hybridized carbons (Fsp3) is 0.562. The minimum absolute atomic E-state index is 0.285. The van der Waals surface area contributed by atoms with Crippen molar-refractivity contribution in [2.45, 2.75) is 45.1 Å². The van der Waals surface area contributed by atoms with Gasteiger partial charge >= 0.3 is 5.97 Å². The van der Waals surface area contributed by atoms with Crippen molar-refractivity contribution in [2.75, 3.05) is 13.1 Å². The third-order valence-corrected chi connectivity index (χ3v) is 3.93. The standard InChI is InChI=1S/C16H23NO2/c1-13-6-8-14(9-7-13)12-15-4-2-10-17(15)11-3-5-16(18)19/h6-9,15H,2-5,10-12H2,1H3,(H,18,19)/t15-/m1/s1. The minimum atomic E-state index is -0.686. The van der Waals surface area contributed by atoms with Gasteiger partial charge in [0.15, 0.2) is 0 Å². The first-order chi connectivity index (χ1) is 9.15. The molecule has 1 N–H and O–H groups in total. The molecular formula is C16H23NO2. The van der Waals surface area contributed by atoms with Crippen LogP contribution >= 0.6 is 0 Å². The molecule has 1 atom stereocenters. The zero-order valence-electron chi connectivity index (χ0n) is 11.6. The van der Waals surface area contributed by atoms with Crippen molar-refractivity contribution in [1.29, 1.82) is 0 Å². The van der Waals surface area contributed by atoms with Gasteiger partial charge in [-0.2, -0.15) is 0 Å². The third-order valence-electron chi connectivity index (χ3n) is 3.93. The van der Waals surface area contributed by atoms with E-state index in [0.29, 0.717) is 6.04 Å². The average Bonchev–Trinajstić information content (AvgIpc) is 2.79. The van der Waals surface area contributed by atoms with Crippen LogP contribution in [0.15, 0.2) is 24.3 Å². The van der Waals surface area contributed by atoms with Crippen molar-refractivity contribution in [3.05, 3.63) is 35.4 Å². The monoisotopic (exact) mass is 261 g/mol. The lowest BCUT2D eigenvalue weighted by molar-refractivity contribution is -0.137. The van der Waals surface area contributed by atoms with Gasteiger partial charge < -0.3 is 10.0 Å². The van der Waals surface area contributed by atoms with Crippen LogP contribution in [-0.2, 0) is 11.2 Å². The number of aryl methyl sites for hydroxylation is 1. The molecule has 0 bridgehead atoms. The number of aliphatic carboxylic acids is 1. The Morgan fingerprint density at radius 2 is 2.11 bits per heavy atom. The van der Waals surface area contributed by atoms with Crippen LogP contribution in [-0.4, -0.2) is 35.1 Å². The van der Waals surface area contributed by atoms with Crippen molar-refractivity contribution in [3.8, 4) is 0 Å². The number of hydrogen-bond acceptors (Lipinski definition) is 2. The smallest absolute Gasteiger partial charge is 0.303 e. The van der Waals surface area contributed by atoms with Crippen LogP contribution in [0.5, 0.6) is 0 Å². The highest BCUT2D eigenvalue weighted by Gasteiger charge is 2.24. The summed E-state index contributed by atoms with van der Waals surface area (Å²) >= 11 is 0. The average molecular weight is 261 g/mol. The number of likely N-dealkylation sites (tertiary alicyclic amines) is 1. The Balaban J connectivity index is 1.84. The lowest BCUT2D eigenvalue weighted by Gasteiger charge is -2.24. The summed E-state index contributed by atoms with van der Waals surface area (Å²) < 4.78 is 0. The Morgan fingerprint density at radius 3 is 2.79 bits per heavy atom. The number of rotatable bonds is 6. The molecule has 1 saturated heterocycles. The molecule has 104 valence electrons. The summed E-state index contributed by atoms with van der Waals surface area (Å²) in [6.07, 6.45) is 4.62. The van der Waals surface area contributed by atoms with Gasteiger partial charge in [0.25, 0.3) is 0 Å². The second-order valence-electron chi connectivity index (χ2n) is 5.52. The Bertz CT molecular complexity index is 413. The number of benzene rings is 1. The molecule has 1 aliphatic rings. The van der Waals surface area contributed by atoms with Gasteiger partial charge in [-0.1, -0.05) is 29.8 Å². The van der Waals surface area contributed by atoms with E-state index < -0.39 is 5.97 Å². The molecule has 0 radical (unpaired) electrons. The summed E-state index contributed by atoms with van der Waals surface area (Å²) in [6, 6.07) is 9.35. The Hall–Kier alpha value is -1.35. The predicted molar refractivity (Wildman–Crippen MR) is 76.3 cm³/mol. The molecule has 1 fully saturated rings. The highest BCUT2D eigenvalue weighted by atomic mass is 16.4. The van der Waals surface area contributed by atoms with Crippen molar-refractivity contribution in [2.24, 2.45) is 0 Å². The third kappa shape index (κ3) is 4.35. The molecule has 1 heterocycles. The molecule has 0 unspecified atom stereocenters. The Kier molecular flexibility index (Phi) is 4.97. The first kappa shape index (κ1) is 14.1. The van der Waals surface area contributed by atoms with E-state index in [1.807, 2.05) is 0 Å². The summed E-state index contributed by atoms with van der Waals surface area (Å²) in [7, 11) is 0. The predicted octanol–water partition coefficient (Wildman–Crippen LogP) is 2.87. The maximum Gasteiger partial charge on any atom is 0.303 e. The summed E-state index contributed by atoms with van der Waals surface area (Å²) in [5.74, 6) is -0.686. The number of hydrogen-bond donors (Lipinski definition) is 1. The van der Waals surface area contributed by atoms with Gasteiger partial charge in [-0.05, 0) is 51.3 Å². The molecule has 0 spiro atoms. The molecule has 3 heteroatoms. The van der Waals surface area contributed by atoms with Gasteiger partial charge in [-0.15, -0.1) is 0 Å². The first-order valence-corrected chi connectivity index (χ1v) is 7.16. The van der Waals surface area contributed by atoms with E-state index in [4.69, 9.17) is 5.11 Å². The first-order valence-electron chi connectivity index (χ1n) is 7.16. The van der Waals surface area contributed by atoms with Gasteiger partial charge in [0.1, 0.15) is 0 Å². The van der Waals surface area contributed by atoms with Crippen LogP contribution in [0.25, 0.3) is 0 Å². The lowest BCUT2D eigenvalue weighted by Crippen LogP contribution is -2.32. The summed E-state index contributed by atoms with van der Waals surface area (Å²) in [6.45, 7) is 4.15. The molecule has 0 amide bonds. The SMILES string of the molecule is Cc1ccc(C[C@H]2CCCN2CCCC(=O)O)cc1. The van der Waals surface area contributed by atoms with E-state index in [9.17, 15) is 4.79 Å². The summed E-state index contributed by atoms with van der Waals surface area (Å²) in [4.78, 5) is 13.0. The molecule has 0 aromatic heterocycles. The van der Waals surface area contributed by atoms with Gasteiger partial charge in [-0.3, -0.25) is 4.79 Å². The van der Waals surface area contributed by atoms with E-state index in [1.54, 1.807) is 0 Å². The van der Waals surface area contributed by atoms with Gasteiger partial charge in [0.2, 0.25) is 0 Å². The molecule has 1 aromatic carbocycles. The van der Waals surface area contributed by atoms with Crippen LogP contribution in [0.3, 0.4) is 0 Å². The highest BCUT2D eigenvalue weighted by Crippen LogP contribution is 2.21. The van der Waals surface area contributed by atoms with Crippen LogP contribution in [0.4, 0.5) is 0 Å². The molecular weight excluding hydrogens is 238 g/mol. The van der Waals surface area contributed by atoms with Crippen molar-refractivity contribution in [1.82, 2.24) is 4.90 Å². The van der Waals surface area contributed by atoms with Crippen LogP contribution in [0.2, 0.25) is 0 Å². The number of carbonyl (C=O) groups is 1. The molecule has 0 saturated carbocycles. The van der Waals surface area contributed by atoms with Crippen LogP contribution in [0, 0.1) is 6.92 Å². The van der Waals surface area contributed by atoms with E-state index in [1.165, 1.54) is 24.0 Å². The minimum Gasteiger partial charge on any atom is -0.481 e. The Morgan fingerprint density at radius 1 is 1.37 bits per heavy atom. The van der Waals surface area contributed by atoms with Crippen LogP contribution < -0.4 is 0 Å². The molecule has 19 heavy (non-hydrogen) atoms.